The van der Waals surface area contributed by atoms with Crippen molar-refractivity contribution in [2.45, 2.75) is 52.1 Å². The lowest BCUT2D eigenvalue weighted by atomic mass is 10.1. The van der Waals surface area contributed by atoms with E-state index in [2.05, 4.69) is 10.3 Å². The molecule has 1 rings (SSSR count). The SMILES string of the molecule is CC(C)NC(N)=NC(C)C(=O)N1CCCCC1. The molecule has 1 unspecified atom stereocenters. The molecule has 5 heteroatoms. The van der Waals surface area contributed by atoms with Gasteiger partial charge in [0.2, 0.25) is 5.91 Å². The summed E-state index contributed by atoms with van der Waals surface area (Å²) < 4.78 is 0. The number of nitrogens with two attached hydrogens (primary N) is 1. The van der Waals surface area contributed by atoms with E-state index in [4.69, 9.17) is 5.73 Å². The Kier molecular flexibility index (Phi) is 5.25. The molecule has 5 nitrogen and oxygen atoms in total. The molecule has 0 aromatic carbocycles. The molecule has 0 radical (unpaired) electrons. The topological polar surface area (TPSA) is 70.7 Å². The summed E-state index contributed by atoms with van der Waals surface area (Å²) >= 11 is 0. The van der Waals surface area contributed by atoms with Gasteiger partial charge in [0.25, 0.3) is 0 Å². The number of piperidine rings is 1. The van der Waals surface area contributed by atoms with Gasteiger partial charge in [0.15, 0.2) is 5.96 Å². The molecule has 0 aromatic rings. The Morgan fingerprint density at radius 2 is 1.82 bits per heavy atom. The van der Waals surface area contributed by atoms with Gasteiger partial charge in [-0.3, -0.25) is 4.79 Å². The van der Waals surface area contributed by atoms with E-state index in [-0.39, 0.29) is 18.0 Å². The fourth-order valence-electron chi connectivity index (χ4n) is 1.98. The monoisotopic (exact) mass is 240 g/mol. The smallest absolute Gasteiger partial charge is 0.247 e. The van der Waals surface area contributed by atoms with Gasteiger partial charge in [-0.2, -0.15) is 0 Å². The molecule has 1 saturated heterocycles. The van der Waals surface area contributed by atoms with Crippen LogP contribution in [0, 0.1) is 0 Å². The Morgan fingerprint density at radius 3 is 2.35 bits per heavy atom. The van der Waals surface area contributed by atoms with E-state index < -0.39 is 0 Å². The van der Waals surface area contributed by atoms with E-state index in [0.29, 0.717) is 5.96 Å². The summed E-state index contributed by atoms with van der Waals surface area (Å²) in [5.74, 6) is 0.427. The summed E-state index contributed by atoms with van der Waals surface area (Å²) in [7, 11) is 0. The minimum atomic E-state index is -0.389. The molecule has 0 bridgehead atoms. The predicted octanol–water partition coefficient (Wildman–Crippen LogP) is 0.700. The summed E-state index contributed by atoms with van der Waals surface area (Å²) in [5, 5.41) is 2.99. The maximum atomic E-state index is 12.1. The number of nitrogens with zero attached hydrogens (tertiary/aromatic N) is 2. The van der Waals surface area contributed by atoms with Gasteiger partial charge in [0, 0.05) is 19.1 Å². The quantitative estimate of drug-likeness (QED) is 0.563. The largest absolute Gasteiger partial charge is 0.370 e. The van der Waals surface area contributed by atoms with Crippen molar-refractivity contribution >= 4 is 11.9 Å². The van der Waals surface area contributed by atoms with Crippen LogP contribution in [0.5, 0.6) is 0 Å². The Balaban J connectivity index is 2.50. The zero-order valence-corrected chi connectivity index (χ0v) is 11.1. The molecule has 1 atom stereocenters. The predicted molar refractivity (Wildman–Crippen MR) is 69.8 cm³/mol. The number of carbonyl (C=O) groups excluding carboxylic acids is 1. The third kappa shape index (κ3) is 4.63. The molecule has 3 N–H and O–H groups in total. The first-order chi connectivity index (χ1) is 8.00. The van der Waals surface area contributed by atoms with Crippen molar-refractivity contribution in [3.05, 3.63) is 0 Å². The number of carbonyl (C=O) groups is 1. The van der Waals surface area contributed by atoms with Crippen LogP contribution >= 0.6 is 0 Å². The lowest BCUT2D eigenvalue weighted by molar-refractivity contribution is -0.133. The molecule has 0 aliphatic carbocycles. The van der Waals surface area contributed by atoms with Crippen LogP contribution in [0.1, 0.15) is 40.0 Å². The minimum absolute atomic E-state index is 0.0817. The number of nitrogens with one attached hydrogen (secondary N) is 1. The Morgan fingerprint density at radius 1 is 1.24 bits per heavy atom. The molecular formula is C12H24N4O. The van der Waals surface area contributed by atoms with Crippen molar-refractivity contribution in [2.75, 3.05) is 13.1 Å². The van der Waals surface area contributed by atoms with Gasteiger partial charge < -0.3 is 16.0 Å². The second-order valence-corrected chi connectivity index (χ2v) is 4.88. The standard InChI is InChI=1S/C12H24N4O/c1-9(2)14-12(13)15-10(3)11(17)16-7-5-4-6-8-16/h9-10H,4-8H2,1-3H3,(H3,13,14,15). The second kappa shape index (κ2) is 6.47. The number of likely N-dealkylation sites (tertiary alicyclic amines) is 1. The molecule has 17 heavy (non-hydrogen) atoms. The van der Waals surface area contributed by atoms with Crippen molar-refractivity contribution in [3.63, 3.8) is 0 Å². The fourth-order valence-corrected chi connectivity index (χ4v) is 1.98. The molecule has 0 aromatic heterocycles. The van der Waals surface area contributed by atoms with E-state index >= 15 is 0 Å². The fraction of sp³-hybridized carbons (Fsp3) is 0.833. The van der Waals surface area contributed by atoms with Crippen LogP contribution in [0.3, 0.4) is 0 Å². The lowest BCUT2D eigenvalue weighted by Crippen LogP contribution is -2.43. The molecule has 1 amide bonds. The first kappa shape index (κ1) is 13.8. The molecule has 0 saturated carbocycles. The lowest BCUT2D eigenvalue weighted by Gasteiger charge is -2.28. The van der Waals surface area contributed by atoms with Crippen molar-refractivity contribution < 1.29 is 4.79 Å². The highest BCUT2D eigenvalue weighted by molar-refractivity contribution is 5.86. The zero-order valence-electron chi connectivity index (χ0n) is 11.1. The molecule has 1 fully saturated rings. The van der Waals surface area contributed by atoms with Crippen LogP contribution < -0.4 is 11.1 Å². The summed E-state index contributed by atoms with van der Waals surface area (Å²) in [6.45, 7) is 7.48. The van der Waals surface area contributed by atoms with Crippen LogP contribution in [-0.2, 0) is 4.79 Å². The summed E-state index contributed by atoms with van der Waals surface area (Å²) in [6.07, 6.45) is 3.42. The van der Waals surface area contributed by atoms with Crippen LogP contribution in [0.2, 0.25) is 0 Å². The van der Waals surface area contributed by atoms with Crippen LogP contribution in [-0.4, -0.2) is 41.9 Å². The molecular weight excluding hydrogens is 216 g/mol. The average Bonchev–Trinajstić information content (AvgIpc) is 2.28. The molecule has 1 heterocycles. The number of hydrogen-bond donors (Lipinski definition) is 2. The molecule has 0 spiro atoms. The second-order valence-electron chi connectivity index (χ2n) is 4.88. The summed E-state index contributed by atoms with van der Waals surface area (Å²) in [5.41, 5.74) is 5.71. The maximum Gasteiger partial charge on any atom is 0.247 e. The highest BCUT2D eigenvalue weighted by atomic mass is 16.2. The highest BCUT2D eigenvalue weighted by Crippen LogP contribution is 2.10. The number of aliphatic imine (C=N–C) groups is 1. The van der Waals surface area contributed by atoms with Gasteiger partial charge in [-0.05, 0) is 40.0 Å². The van der Waals surface area contributed by atoms with Gasteiger partial charge in [-0.25, -0.2) is 4.99 Å². The summed E-state index contributed by atoms with van der Waals surface area (Å²) in [4.78, 5) is 18.1. The van der Waals surface area contributed by atoms with Gasteiger partial charge >= 0.3 is 0 Å². The number of hydrogen-bond acceptors (Lipinski definition) is 2. The van der Waals surface area contributed by atoms with Gasteiger partial charge in [-0.1, -0.05) is 0 Å². The van der Waals surface area contributed by atoms with Crippen molar-refractivity contribution in [2.24, 2.45) is 10.7 Å². The first-order valence-electron chi connectivity index (χ1n) is 6.39. The van der Waals surface area contributed by atoms with Crippen molar-refractivity contribution in [1.82, 2.24) is 10.2 Å². The summed E-state index contributed by atoms with van der Waals surface area (Å²) in [6, 6.07) is -0.157. The molecule has 98 valence electrons. The Labute approximate surface area is 103 Å². The van der Waals surface area contributed by atoms with Crippen LogP contribution in [0.25, 0.3) is 0 Å². The third-order valence-electron chi connectivity index (χ3n) is 2.79. The third-order valence-corrected chi connectivity index (χ3v) is 2.79. The molecule has 1 aliphatic rings. The van der Waals surface area contributed by atoms with E-state index in [9.17, 15) is 4.79 Å². The minimum Gasteiger partial charge on any atom is -0.370 e. The molecule has 1 aliphatic heterocycles. The van der Waals surface area contributed by atoms with E-state index in [1.165, 1.54) is 6.42 Å². The van der Waals surface area contributed by atoms with Gasteiger partial charge in [0.1, 0.15) is 6.04 Å². The van der Waals surface area contributed by atoms with Crippen molar-refractivity contribution in [3.8, 4) is 0 Å². The first-order valence-corrected chi connectivity index (χ1v) is 6.39. The highest BCUT2D eigenvalue weighted by Gasteiger charge is 2.21. The Bertz CT molecular complexity index is 282. The van der Waals surface area contributed by atoms with E-state index in [1.54, 1.807) is 6.92 Å². The number of rotatable bonds is 3. The number of guanidine groups is 1. The van der Waals surface area contributed by atoms with Gasteiger partial charge in [0.05, 0.1) is 0 Å². The van der Waals surface area contributed by atoms with Crippen LogP contribution in [0.4, 0.5) is 0 Å². The van der Waals surface area contributed by atoms with Gasteiger partial charge in [-0.15, -0.1) is 0 Å². The van der Waals surface area contributed by atoms with E-state index in [1.807, 2.05) is 18.7 Å². The van der Waals surface area contributed by atoms with Crippen LogP contribution in [0.15, 0.2) is 4.99 Å². The Hall–Kier alpha value is -1.26. The van der Waals surface area contributed by atoms with Crippen molar-refractivity contribution in [1.29, 1.82) is 0 Å². The average molecular weight is 240 g/mol. The van der Waals surface area contributed by atoms with E-state index in [0.717, 1.165) is 25.9 Å². The zero-order chi connectivity index (χ0) is 12.8. The normalized spacial score (nSPS) is 19.3. The maximum absolute atomic E-state index is 12.1. The number of amides is 1.